The van der Waals surface area contributed by atoms with E-state index in [2.05, 4.69) is 10.6 Å². The summed E-state index contributed by atoms with van der Waals surface area (Å²) < 4.78 is 0. The van der Waals surface area contributed by atoms with E-state index in [0.717, 1.165) is 5.56 Å². The normalized spacial score (nSPS) is 10.8. The average molecular weight is 346 g/mol. The molecule has 2 aromatic carbocycles. The molecular weight excluding hydrogens is 333 g/mol. The van der Waals surface area contributed by atoms with E-state index in [1.54, 1.807) is 30.3 Å². The van der Waals surface area contributed by atoms with Gasteiger partial charge in [0.25, 0.3) is 5.91 Å². The van der Waals surface area contributed by atoms with E-state index in [1.807, 2.05) is 25.1 Å². The number of hydrogen-bond donors (Lipinski definition) is 2. The van der Waals surface area contributed by atoms with Gasteiger partial charge >= 0.3 is 0 Å². The van der Waals surface area contributed by atoms with Crippen LogP contribution in [-0.2, 0) is 4.79 Å². The molecule has 0 saturated heterocycles. The van der Waals surface area contributed by atoms with Gasteiger partial charge in [-0.25, -0.2) is 0 Å². The van der Waals surface area contributed by atoms with E-state index in [1.165, 1.54) is 6.20 Å². The van der Waals surface area contributed by atoms with Crippen molar-refractivity contribution >= 4 is 40.5 Å². The molecule has 0 heterocycles. The number of hydrogen-bond acceptors (Lipinski definition) is 3. The summed E-state index contributed by atoms with van der Waals surface area (Å²) in [5.41, 5.74) is 1.89. The van der Waals surface area contributed by atoms with Crippen molar-refractivity contribution in [1.29, 1.82) is 5.26 Å². The second kappa shape index (κ2) is 7.68. The summed E-state index contributed by atoms with van der Waals surface area (Å²) in [4.78, 5) is 12.2. The summed E-state index contributed by atoms with van der Waals surface area (Å²) in [6, 6.07) is 14.2. The number of nitrogens with one attached hydrogen (secondary N) is 2. The summed E-state index contributed by atoms with van der Waals surface area (Å²) >= 11 is 12.1. The Balaban J connectivity index is 2.18. The van der Waals surface area contributed by atoms with Crippen molar-refractivity contribution in [3.05, 3.63) is 69.8 Å². The fourth-order valence-electron chi connectivity index (χ4n) is 1.83. The van der Waals surface area contributed by atoms with Crippen LogP contribution in [0.5, 0.6) is 0 Å². The van der Waals surface area contributed by atoms with Crippen molar-refractivity contribution in [3.63, 3.8) is 0 Å². The van der Waals surface area contributed by atoms with Crippen LogP contribution in [0.2, 0.25) is 10.0 Å². The van der Waals surface area contributed by atoms with E-state index < -0.39 is 5.91 Å². The predicted molar refractivity (Wildman–Crippen MR) is 93.6 cm³/mol. The molecule has 0 aromatic heterocycles. The minimum Gasteiger partial charge on any atom is -0.358 e. The van der Waals surface area contributed by atoms with E-state index >= 15 is 0 Å². The first kappa shape index (κ1) is 16.9. The molecule has 0 bridgehead atoms. The van der Waals surface area contributed by atoms with Crippen LogP contribution in [-0.4, -0.2) is 5.91 Å². The monoisotopic (exact) mass is 345 g/mol. The molecule has 0 saturated carbocycles. The standard InChI is InChI=1S/C17H13Cl2N3O/c1-11-5-2-3-8-15(11)22-17(23)12(9-20)10-21-16-13(18)6-4-7-14(16)19/h2-8,10,21H,1H3,(H,22,23)/b12-10-. The Morgan fingerprint density at radius 3 is 2.39 bits per heavy atom. The van der Waals surface area contributed by atoms with Crippen LogP contribution in [0.1, 0.15) is 5.56 Å². The van der Waals surface area contributed by atoms with E-state index in [0.29, 0.717) is 21.4 Å². The van der Waals surface area contributed by atoms with Crippen molar-refractivity contribution in [2.75, 3.05) is 10.6 Å². The molecule has 0 spiro atoms. The molecule has 116 valence electrons. The molecule has 0 aliphatic heterocycles. The number of carbonyl (C=O) groups is 1. The minimum absolute atomic E-state index is 0.0933. The highest BCUT2D eigenvalue weighted by Gasteiger charge is 2.11. The number of halogens is 2. The van der Waals surface area contributed by atoms with E-state index in [9.17, 15) is 10.1 Å². The topological polar surface area (TPSA) is 64.9 Å². The lowest BCUT2D eigenvalue weighted by Crippen LogP contribution is -2.15. The Labute approximate surface area is 144 Å². The minimum atomic E-state index is -0.516. The van der Waals surface area contributed by atoms with Gasteiger partial charge in [0.1, 0.15) is 11.6 Å². The van der Waals surface area contributed by atoms with Gasteiger partial charge in [-0.15, -0.1) is 0 Å². The lowest BCUT2D eigenvalue weighted by molar-refractivity contribution is -0.112. The Kier molecular flexibility index (Phi) is 5.64. The van der Waals surface area contributed by atoms with Crippen LogP contribution in [0, 0.1) is 18.3 Å². The number of rotatable bonds is 4. The molecule has 0 aliphatic rings. The molecule has 0 fully saturated rings. The highest BCUT2D eigenvalue weighted by Crippen LogP contribution is 2.29. The van der Waals surface area contributed by atoms with Crippen LogP contribution in [0.15, 0.2) is 54.2 Å². The van der Waals surface area contributed by atoms with Gasteiger partial charge in [-0.1, -0.05) is 47.5 Å². The van der Waals surface area contributed by atoms with Gasteiger partial charge < -0.3 is 10.6 Å². The molecule has 23 heavy (non-hydrogen) atoms. The Bertz CT molecular complexity index is 789. The summed E-state index contributed by atoms with van der Waals surface area (Å²) in [6.45, 7) is 1.87. The summed E-state index contributed by atoms with van der Waals surface area (Å²) in [6.07, 6.45) is 1.28. The highest BCUT2D eigenvalue weighted by atomic mass is 35.5. The molecular formula is C17H13Cl2N3O. The maximum absolute atomic E-state index is 12.2. The van der Waals surface area contributed by atoms with Crippen LogP contribution in [0.4, 0.5) is 11.4 Å². The van der Waals surface area contributed by atoms with Gasteiger partial charge in [0.15, 0.2) is 0 Å². The number of para-hydroxylation sites is 2. The van der Waals surface area contributed by atoms with Crippen molar-refractivity contribution in [2.45, 2.75) is 6.92 Å². The second-order valence-corrected chi connectivity index (χ2v) is 5.49. The Hall–Kier alpha value is -2.48. The molecule has 2 rings (SSSR count). The zero-order valence-electron chi connectivity index (χ0n) is 12.2. The Morgan fingerprint density at radius 1 is 1.13 bits per heavy atom. The first-order valence-corrected chi connectivity index (χ1v) is 7.46. The molecule has 2 aromatic rings. The maximum atomic E-state index is 12.2. The van der Waals surface area contributed by atoms with Crippen molar-refractivity contribution in [3.8, 4) is 6.07 Å². The number of aryl methyl sites for hydroxylation is 1. The zero-order valence-corrected chi connectivity index (χ0v) is 13.7. The lowest BCUT2D eigenvalue weighted by Gasteiger charge is -2.09. The number of benzene rings is 2. The van der Waals surface area contributed by atoms with Gasteiger partial charge in [-0.2, -0.15) is 5.26 Å². The number of nitrogens with zero attached hydrogens (tertiary/aromatic N) is 1. The van der Waals surface area contributed by atoms with Crippen LogP contribution < -0.4 is 10.6 Å². The maximum Gasteiger partial charge on any atom is 0.267 e. The van der Waals surface area contributed by atoms with Crippen molar-refractivity contribution < 1.29 is 4.79 Å². The molecule has 0 radical (unpaired) electrons. The smallest absolute Gasteiger partial charge is 0.267 e. The van der Waals surface area contributed by atoms with Gasteiger partial charge in [0.2, 0.25) is 0 Å². The number of nitriles is 1. The number of carbonyl (C=O) groups excluding carboxylic acids is 1. The van der Waals surface area contributed by atoms with E-state index in [-0.39, 0.29) is 5.57 Å². The largest absolute Gasteiger partial charge is 0.358 e. The van der Waals surface area contributed by atoms with Crippen LogP contribution in [0.3, 0.4) is 0 Å². The predicted octanol–water partition coefficient (Wildman–Crippen LogP) is 4.76. The fraction of sp³-hybridized carbons (Fsp3) is 0.0588. The molecule has 0 aliphatic carbocycles. The van der Waals surface area contributed by atoms with Crippen LogP contribution >= 0.6 is 23.2 Å². The molecule has 6 heteroatoms. The quantitative estimate of drug-likeness (QED) is 0.620. The van der Waals surface area contributed by atoms with Crippen molar-refractivity contribution in [1.82, 2.24) is 0 Å². The van der Waals surface area contributed by atoms with Gasteiger partial charge in [-0.3, -0.25) is 4.79 Å². The Morgan fingerprint density at radius 2 is 1.78 bits per heavy atom. The van der Waals surface area contributed by atoms with Crippen molar-refractivity contribution in [2.24, 2.45) is 0 Å². The lowest BCUT2D eigenvalue weighted by atomic mass is 10.2. The summed E-state index contributed by atoms with van der Waals surface area (Å²) in [7, 11) is 0. The fourth-order valence-corrected chi connectivity index (χ4v) is 2.34. The highest BCUT2D eigenvalue weighted by molar-refractivity contribution is 6.39. The zero-order chi connectivity index (χ0) is 16.8. The van der Waals surface area contributed by atoms with Crippen LogP contribution in [0.25, 0.3) is 0 Å². The SMILES string of the molecule is Cc1ccccc1NC(=O)/C(C#N)=C\Nc1c(Cl)cccc1Cl. The number of amides is 1. The van der Waals surface area contributed by atoms with Gasteiger partial charge in [0, 0.05) is 11.9 Å². The summed E-state index contributed by atoms with van der Waals surface area (Å²) in [5.74, 6) is -0.516. The third kappa shape index (κ3) is 4.26. The molecule has 4 nitrogen and oxygen atoms in total. The number of anilines is 2. The third-order valence-corrected chi connectivity index (χ3v) is 3.71. The molecule has 2 N–H and O–H groups in total. The first-order valence-electron chi connectivity index (χ1n) is 6.70. The second-order valence-electron chi connectivity index (χ2n) is 4.68. The molecule has 0 atom stereocenters. The van der Waals surface area contributed by atoms with Gasteiger partial charge in [0.05, 0.1) is 15.7 Å². The molecule has 0 unspecified atom stereocenters. The molecule has 1 amide bonds. The van der Waals surface area contributed by atoms with E-state index in [4.69, 9.17) is 23.2 Å². The summed E-state index contributed by atoms with van der Waals surface area (Å²) in [5, 5.41) is 15.5. The van der Waals surface area contributed by atoms with Gasteiger partial charge in [-0.05, 0) is 30.7 Å². The first-order chi connectivity index (χ1) is 11.0. The average Bonchev–Trinajstić information content (AvgIpc) is 2.52. The third-order valence-electron chi connectivity index (χ3n) is 3.08.